The summed E-state index contributed by atoms with van der Waals surface area (Å²) in [5.41, 5.74) is 0.653. The molecule has 3 aliphatic rings. The van der Waals surface area contributed by atoms with Gasteiger partial charge < -0.3 is 10.4 Å². The lowest BCUT2D eigenvalue weighted by Crippen LogP contribution is -2.61. The Kier molecular flexibility index (Phi) is 8.98. The molecule has 0 aliphatic heterocycles. The lowest BCUT2D eigenvalue weighted by molar-refractivity contribution is -0.144. The van der Waals surface area contributed by atoms with Gasteiger partial charge in [0.2, 0.25) is 0 Å². The quantitative estimate of drug-likeness (QED) is 0.329. The van der Waals surface area contributed by atoms with Crippen molar-refractivity contribution in [2.75, 3.05) is 6.54 Å². The number of nitrogens with one attached hydrogen (secondary N) is 1. The molecule has 3 rings (SSSR count). The van der Waals surface area contributed by atoms with Gasteiger partial charge in [-0.05, 0) is 98.3 Å². The number of rotatable bonds is 11. The summed E-state index contributed by atoms with van der Waals surface area (Å²) in [5.74, 6) is 4.23. The molecule has 2 heteroatoms. The summed E-state index contributed by atoms with van der Waals surface area (Å²) >= 11 is 0. The third-order valence-electron chi connectivity index (χ3n) is 10.4. The molecule has 3 aliphatic carbocycles. The van der Waals surface area contributed by atoms with E-state index in [1.165, 1.54) is 83.5 Å². The first kappa shape index (κ1) is 25.5. The molecule has 0 bridgehead atoms. The summed E-state index contributed by atoms with van der Waals surface area (Å²) in [7, 11) is 0. The van der Waals surface area contributed by atoms with Crippen LogP contribution in [0.3, 0.4) is 0 Å². The Morgan fingerprint density at radius 3 is 2.42 bits per heavy atom. The van der Waals surface area contributed by atoms with Crippen molar-refractivity contribution in [3.63, 3.8) is 0 Å². The third-order valence-corrected chi connectivity index (χ3v) is 10.4. The predicted molar refractivity (Wildman–Crippen MR) is 134 cm³/mol. The molecule has 0 heterocycles. The van der Waals surface area contributed by atoms with Crippen LogP contribution in [0.15, 0.2) is 0 Å². The lowest BCUT2D eigenvalue weighted by Gasteiger charge is -2.60. The summed E-state index contributed by atoms with van der Waals surface area (Å²) < 4.78 is 0. The van der Waals surface area contributed by atoms with E-state index in [0.717, 1.165) is 36.1 Å². The monoisotopic (exact) mass is 433 g/mol. The number of aliphatic hydroxyl groups is 1. The molecule has 0 aromatic carbocycles. The van der Waals surface area contributed by atoms with Crippen molar-refractivity contribution in [2.24, 2.45) is 40.4 Å². The van der Waals surface area contributed by atoms with Gasteiger partial charge in [-0.25, -0.2) is 0 Å². The Bertz CT molecular complexity index is 547. The Morgan fingerprint density at radius 1 is 0.968 bits per heavy atom. The molecule has 0 aromatic heterocycles. The Morgan fingerprint density at radius 2 is 1.74 bits per heavy atom. The van der Waals surface area contributed by atoms with Crippen LogP contribution in [0.25, 0.3) is 0 Å². The predicted octanol–water partition coefficient (Wildman–Crippen LogP) is 7.59. The topological polar surface area (TPSA) is 32.3 Å². The molecule has 0 aromatic rings. The maximum absolute atomic E-state index is 11.5. The maximum atomic E-state index is 11.5. The first-order valence-corrected chi connectivity index (χ1v) is 14.2. The molecule has 3 saturated carbocycles. The Hall–Kier alpha value is -0.0800. The molecule has 0 radical (unpaired) electrons. The van der Waals surface area contributed by atoms with Gasteiger partial charge >= 0.3 is 0 Å². The van der Waals surface area contributed by atoms with Crippen LogP contribution < -0.4 is 5.32 Å². The molecule has 31 heavy (non-hydrogen) atoms. The van der Waals surface area contributed by atoms with E-state index in [4.69, 9.17) is 0 Å². The van der Waals surface area contributed by atoms with Crippen LogP contribution in [-0.2, 0) is 0 Å². The zero-order valence-electron chi connectivity index (χ0n) is 21.9. The van der Waals surface area contributed by atoms with Gasteiger partial charge in [-0.2, -0.15) is 0 Å². The van der Waals surface area contributed by atoms with E-state index < -0.39 is 0 Å². The molecular weight excluding hydrogens is 378 g/mol. The highest BCUT2D eigenvalue weighted by molar-refractivity contribution is 5.11. The van der Waals surface area contributed by atoms with Crippen molar-refractivity contribution in [1.29, 1.82) is 0 Å². The summed E-state index contributed by atoms with van der Waals surface area (Å²) in [4.78, 5) is 0. The van der Waals surface area contributed by atoms with Crippen molar-refractivity contribution in [3.8, 4) is 0 Å². The van der Waals surface area contributed by atoms with Gasteiger partial charge in [-0.15, -0.1) is 0 Å². The van der Waals surface area contributed by atoms with E-state index in [-0.39, 0.29) is 11.5 Å². The van der Waals surface area contributed by atoms with Crippen LogP contribution in [0, 0.1) is 40.4 Å². The van der Waals surface area contributed by atoms with E-state index >= 15 is 0 Å². The van der Waals surface area contributed by atoms with Crippen LogP contribution in [0.1, 0.15) is 125 Å². The largest absolute Gasteiger partial charge is 0.391 e. The summed E-state index contributed by atoms with van der Waals surface area (Å²) in [6, 6.07) is 0.303. The zero-order chi connectivity index (χ0) is 22.6. The van der Waals surface area contributed by atoms with E-state index in [1.54, 1.807) is 0 Å². The van der Waals surface area contributed by atoms with E-state index in [9.17, 15) is 5.11 Å². The zero-order valence-corrected chi connectivity index (χ0v) is 21.9. The molecular formula is C29H55NO. The van der Waals surface area contributed by atoms with Crippen molar-refractivity contribution in [1.82, 2.24) is 5.32 Å². The van der Waals surface area contributed by atoms with Crippen LogP contribution in [0.2, 0.25) is 0 Å². The highest BCUT2D eigenvalue weighted by Gasteiger charge is 2.60. The van der Waals surface area contributed by atoms with Gasteiger partial charge in [-0.1, -0.05) is 73.6 Å². The SMILES string of the molecule is CCCCNC1CC2C3CCC(CCCCC(C)C)C3(C)CCC2C(C)(CCC)C1O. The van der Waals surface area contributed by atoms with Gasteiger partial charge in [0.15, 0.2) is 0 Å². The lowest BCUT2D eigenvalue weighted by atomic mass is 9.47. The van der Waals surface area contributed by atoms with Gasteiger partial charge in [0, 0.05) is 6.04 Å². The molecule has 0 spiro atoms. The average molecular weight is 434 g/mol. The van der Waals surface area contributed by atoms with Crippen molar-refractivity contribution in [3.05, 3.63) is 0 Å². The van der Waals surface area contributed by atoms with E-state index in [2.05, 4.69) is 46.9 Å². The second-order valence-electron chi connectivity index (χ2n) is 12.7. The molecule has 0 saturated heterocycles. The normalized spacial score (nSPS) is 42.6. The number of hydrogen-bond acceptors (Lipinski definition) is 2. The van der Waals surface area contributed by atoms with Crippen molar-refractivity contribution in [2.45, 2.75) is 137 Å². The molecule has 182 valence electrons. The molecule has 2 N–H and O–H groups in total. The minimum atomic E-state index is -0.178. The summed E-state index contributed by atoms with van der Waals surface area (Å²) in [5, 5.41) is 15.4. The fraction of sp³-hybridized carbons (Fsp3) is 1.00. The maximum Gasteiger partial charge on any atom is 0.0749 e. The number of hydrogen-bond donors (Lipinski definition) is 2. The second-order valence-corrected chi connectivity index (χ2v) is 12.7. The van der Waals surface area contributed by atoms with Crippen molar-refractivity contribution >= 4 is 0 Å². The minimum Gasteiger partial charge on any atom is -0.391 e. The molecule has 0 amide bonds. The average Bonchev–Trinajstić information content (AvgIpc) is 3.06. The minimum absolute atomic E-state index is 0.0955. The van der Waals surface area contributed by atoms with Crippen LogP contribution >= 0.6 is 0 Å². The van der Waals surface area contributed by atoms with Crippen molar-refractivity contribution < 1.29 is 5.11 Å². The molecule has 2 nitrogen and oxygen atoms in total. The standard InChI is InChI=1S/C29H55NO/c1-7-9-19-30-26-20-23-24-15-14-22(13-11-10-12-21(3)4)28(24,5)18-16-25(23)29(6,17-8-2)27(26)31/h21-27,30-31H,7-20H2,1-6H3. The molecule has 8 unspecified atom stereocenters. The second kappa shape index (κ2) is 10.9. The Balaban J connectivity index is 1.73. The van der Waals surface area contributed by atoms with Gasteiger partial charge in [-0.3, -0.25) is 0 Å². The molecule has 8 atom stereocenters. The fourth-order valence-electron chi connectivity index (χ4n) is 8.59. The van der Waals surface area contributed by atoms with Gasteiger partial charge in [0.1, 0.15) is 0 Å². The Labute approximate surface area is 194 Å². The summed E-state index contributed by atoms with van der Waals surface area (Å²) in [6.45, 7) is 15.5. The highest BCUT2D eigenvalue weighted by Crippen LogP contribution is 2.65. The number of aliphatic hydroxyl groups excluding tert-OH is 1. The van der Waals surface area contributed by atoms with Crippen LogP contribution in [0.5, 0.6) is 0 Å². The highest BCUT2D eigenvalue weighted by atomic mass is 16.3. The van der Waals surface area contributed by atoms with Crippen LogP contribution in [-0.4, -0.2) is 23.8 Å². The smallest absolute Gasteiger partial charge is 0.0749 e. The van der Waals surface area contributed by atoms with E-state index in [1.807, 2.05) is 0 Å². The third kappa shape index (κ3) is 5.21. The molecule has 3 fully saturated rings. The van der Waals surface area contributed by atoms with Crippen LogP contribution in [0.4, 0.5) is 0 Å². The first-order valence-electron chi connectivity index (χ1n) is 14.2. The van der Waals surface area contributed by atoms with Gasteiger partial charge in [0.25, 0.3) is 0 Å². The van der Waals surface area contributed by atoms with Gasteiger partial charge in [0.05, 0.1) is 6.10 Å². The first-order chi connectivity index (χ1) is 14.8. The number of fused-ring (bicyclic) bond motifs is 3. The summed E-state index contributed by atoms with van der Waals surface area (Å²) in [6.07, 6.45) is 17.3. The number of unbranched alkanes of at least 4 members (excludes halogenated alkanes) is 2. The fourth-order valence-corrected chi connectivity index (χ4v) is 8.59. The van der Waals surface area contributed by atoms with E-state index in [0.29, 0.717) is 11.5 Å².